The first-order chi connectivity index (χ1) is 8.49. The molecule has 2 aromatic rings. The number of aryl methyl sites for hydroxylation is 1. The van der Waals surface area contributed by atoms with Gasteiger partial charge in [0.05, 0.1) is 6.20 Å². The molecule has 18 heavy (non-hydrogen) atoms. The van der Waals surface area contributed by atoms with E-state index in [4.69, 9.17) is 5.11 Å². The molecule has 0 saturated carbocycles. The highest BCUT2D eigenvalue weighted by atomic mass is 32.1. The van der Waals surface area contributed by atoms with Gasteiger partial charge in [-0.2, -0.15) is 5.10 Å². The molecule has 7 nitrogen and oxygen atoms in total. The Bertz CT molecular complexity index is 585. The second-order valence-electron chi connectivity index (χ2n) is 3.52. The van der Waals surface area contributed by atoms with Crippen molar-refractivity contribution in [1.29, 1.82) is 0 Å². The van der Waals surface area contributed by atoms with Gasteiger partial charge in [0, 0.05) is 20.0 Å². The van der Waals surface area contributed by atoms with Crippen LogP contribution in [0.4, 0.5) is 10.9 Å². The fraction of sp³-hybridized carbons (Fsp3) is 0.200. The zero-order chi connectivity index (χ0) is 13.3. The first kappa shape index (κ1) is 12.2. The van der Waals surface area contributed by atoms with Crippen LogP contribution in [0, 0.1) is 0 Å². The highest BCUT2D eigenvalue weighted by Gasteiger charge is 2.20. The van der Waals surface area contributed by atoms with Crippen molar-refractivity contribution in [3.05, 3.63) is 22.8 Å². The summed E-state index contributed by atoms with van der Waals surface area (Å²) >= 11 is 1.01. The van der Waals surface area contributed by atoms with Crippen molar-refractivity contribution >= 4 is 34.0 Å². The van der Waals surface area contributed by atoms with Gasteiger partial charge in [-0.1, -0.05) is 11.3 Å². The van der Waals surface area contributed by atoms with Crippen molar-refractivity contribution in [2.45, 2.75) is 6.92 Å². The first-order valence-electron chi connectivity index (χ1n) is 4.99. The minimum atomic E-state index is -1.21. The summed E-state index contributed by atoms with van der Waals surface area (Å²) in [5.41, 5.74) is -0.225. The molecule has 94 valence electrons. The van der Waals surface area contributed by atoms with Gasteiger partial charge < -0.3 is 10.4 Å². The Hall–Kier alpha value is -2.22. The Balaban J connectivity index is 2.36. The van der Waals surface area contributed by atoms with Crippen LogP contribution in [0.1, 0.15) is 27.1 Å². The summed E-state index contributed by atoms with van der Waals surface area (Å²) in [5.74, 6) is -0.867. The molecule has 0 aliphatic rings. The molecule has 0 atom stereocenters. The minimum absolute atomic E-state index is 0.132. The van der Waals surface area contributed by atoms with Crippen molar-refractivity contribution in [2.24, 2.45) is 7.05 Å². The van der Waals surface area contributed by atoms with Gasteiger partial charge in [-0.25, -0.2) is 9.78 Å². The maximum atomic E-state index is 11.3. The number of thiazole rings is 1. The molecule has 0 aliphatic carbocycles. The monoisotopic (exact) mass is 266 g/mol. The number of carboxylic acid groups (broad SMARTS) is 1. The topological polar surface area (TPSA) is 97.1 Å². The Morgan fingerprint density at radius 2 is 2.22 bits per heavy atom. The molecule has 2 rings (SSSR count). The van der Waals surface area contributed by atoms with Crippen molar-refractivity contribution in [1.82, 2.24) is 14.8 Å². The number of hydrogen-bond donors (Lipinski definition) is 2. The highest BCUT2D eigenvalue weighted by Crippen LogP contribution is 2.26. The summed E-state index contributed by atoms with van der Waals surface area (Å²) in [6, 6.07) is 1.72. The van der Waals surface area contributed by atoms with Gasteiger partial charge in [-0.3, -0.25) is 9.48 Å². The van der Waals surface area contributed by atoms with Crippen molar-refractivity contribution in [3.63, 3.8) is 0 Å². The van der Waals surface area contributed by atoms with Crippen molar-refractivity contribution in [2.75, 3.05) is 5.32 Å². The van der Waals surface area contributed by atoms with Crippen LogP contribution in [0.3, 0.4) is 0 Å². The van der Waals surface area contributed by atoms with Gasteiger partial charge in [0.1, 0.15) is 10.7 Å². The summed E-state index contributed by atoms with van der Waals surface area (Å²) in [4.78, 5) is 26.3. The van der Waals surface area contributed by atoms with E-state index in [-0.39, 0.29) is 16.4 Å². The Labute approximate surface area is 106 Å². The maximum absolute atomic E-state index is 11.3. The number of Topliss-reactive ketones (excluding diaryl/α,β-unsaturated/α-hetero) is 1. The van der Waals surface area contributed by atoms with Crippen LogP contribution in [-0.4, -0.2) is 31.6 Å². The van der Waals surface area contributed by atoms with E-state index < -0.39 is 5.97 Å². The molecule has 0 aliphatic heterocycles. The van der Waals surface area contributed by atoms with E-state index in [2.05, 4.69) is 15.4 Å². The number of hydrogen-bond acceptors (Lipinski definition) is 6. The number of aromatic carboxylic acids is 1. The van der Waals surface area contributed by atoms with Gasteiger partial charge in [-0.05, 0) is 0 Å². The molecule has 2 N–H and O–H groups in total. The molecule has 0 spiro atoms. The lowest BCUT2D eigenvalue weighted by Crippen LogP contribution is -2.04. The van der Waals surface area contributed by atoms with E-state index in [1.54, 1.807) is 24.0 Å². The van der Waals surface area contributed by atoms with Crippen LogP contribution in [-0.2, 0) is 7.05 Å². The smallest absolute Gasteiger partial charge is 0.356 e. The molecule has 0 bridgehead atoms. The Kier molecular flexibility index (Phi) is 3.11. The first-order valence-corrected chi connectivity index (χ1v) is 5.80. The molecule has 0 saturated heterocycles. The van der Waals surface area contributed by atoms with Gasteiger partial charge in [0.2, 0.25) is 0 Å². The maximum Gasteiger partial charge on any atom is 0.356 e. The number of ketones is 1. The molecule has 2 aromatic heterocycles. The SMILES string of the molecule is CC(=O)c1sc(Nc2ccnn2C)nc1C(=O)O. The lowest BCUT2D eigenvalue weighted by molar-refractivity contribution is 0.0687. The number of carbonyl (C=O) groups excluding carboxylic acids is 1. The zero-order valence-corrected chi connectivity index (χ0v) is 10.5. The van der Waals surface area contributed by atoms with Crippen LogP contribution < -0.4 is 5.32 Å². The number of anilines is 2. The largest absolute Gasteiger partial charge is 0.476 e. The molecule has 0 unspecified atom stereocenters. The molecule has 0 fully saturated rings. The predicted octanol–water partition coefficient (Wildman–Crippen LogP) is 1.52. The number of nitrogens with one attached hydrogen (secondary N) is 1. The molecule has 2 heterocycles. The Morgan fingerprint density at radius 1 is 1.50 bits per heavy atom. The Morgan fingerprint density at radius 3 is 2.67 bits per heavy atom. The average Bonchev–Trinajstić information content (AvgIpc) is 2.87. The van der Waals surface area contributed by atoms with Crippen LogP contribution >= 0.6 is 11.3 Å². The fourth-order valence-corrected chi connectivity index (χ4v) is 2.22. The van der Waals surface area contributed by atoms with Gasteiger partial charge in [-0.15, -0.1) is 0 Å². The molecule has 8 heteroatoms. The van der Waals surface area contributed by atoms with E-state index in [9.17, 15) is 9.59 Å². The van der Waals surface area contributed by atoms with Crippen LogP contribution in [0.2, 0.25) is 0 Å². The van der Waals surface area contributed by atoms with Gasteiger partial charge in [0.25, 0.3) is 0 Å². The number of nitrogens with zero attached hydrogens (tertiary/aromatic N) is 3. The van der Waals surface area contributed by atoms with Crippen molar-refractivity contribution < 1.29 is 14.7 Å². The highest BCUT2D eigenvalue weighted by molar-refractivity contribution is 7.17. The lowest BCUT2D eigenvalue weighted by atomic mass is 10.3. The molecule has 0 radical (unpaired) electrons. The third-order valence-corrected chi connectivity index (χ3v) is 3.28. The summed E-state index contributed by atoms with van der Waals surface area (Å²) in [6.45, 7) is 1.31. The van der Waals surface area contributed by atoms with E-state index in [0.29, 0.717) is 10.9 Å². The minimum Gasteiger partial charge on any atom is -0.476 e. The van der Waals surface area contributed by atoms with Crippen LogP contribution in [0.5, 0.6) is 0 Å². The second kappa shape index (κ2) is 4.57. The van der Waals surface area contributed by atoms with Gasteiger partial charge >= 0.3 is 5.97 Å². The third-order valence-electron chi connectivity index (χ3n) is 2.21. The van der Waals surface area contributed by atoms with E-state index in [1.807, 2.05) is 0 Å². The number of carboxylic acids is 1. The van der Waals surface area contributed by atoms with Crippen LogP contribution in [0.15, 0.2) is 12.3 Å². The van der Waals surface area contributed by atoms with E-state index in [0.717, 1.165) is 11.3 Å². The van der Waals surface area contributed by atoms with Crippen molar-refractivity contribution in [3.8, 4) is 0 Å². The summed E-state index contributed by atoms with van der Waals surface area (Å²) in [5, 5.41) is 16.2. The van der Waals surface area contributed by atoms with Gasteiger partial charge in [0.15, 0.2) is 16.6 Å². The standard InChI is InChI=1S/C10H10N4O3S/c1-5(15)8-7(9(16)17)13-10(18-8)12-6-3-4-11-14(6)2/h3-4H,1-2H3,(H,12,13)(H,16,17). The third kappa shape index (κ3) is 2.23. The number of aromatic nitrogens is 3. The normalized spacial score (nSPS) is 10.3. The zero-order valence-electron chi connectivity index (χ0n) is 9.67. The second-order valence-corrected chi connectivity index (χ2v) is 4.52. The molecular weight excluding hydrogens is 256 g/mol. The molecular formula is C10H10N4O3S. The van der Waals surface area contributed by atoms with Crippen LogP contribution in [0.25, 0.3) is 0 Å². The molecule has 0 aromatic carbocycles. The lowest BCUT2D eigenvalue weighted by Gasteiger charge is -2.01. The van der Waals surface area contributed by atoms with E-state index >= 15 is 0 Å². The van der Waals surface area contributed by atoms with E-state index in [1.165, 1.54) is 6.92 Å². The summed E-state index contributed by atoms with van der Waals surface area (Å²) in [6.07, 6.45) is 1.60. The summed E-state index contributed by atoms with van der Waals surface area (Å²) < 4.78 is 1.58. The number of carbonyl (C=O) groups is 2. The average molecular weight is 266 g/mol. The summed E-state index contributed by atoms with van der Waals surface area (Å²) in [7, 11) is 1.74. The molecule has 0 amide bonds. The number of rotatable bonds is 4. The fourth-order valence-electron chi connectivity index (χ4n) is 1.36. The quantitative estimate of drug-likeness (QED) is 0.814. The predicted molar refractivity (Wildman–Crippen MR) is 65.6 cm³/mol.